The van der Waals surface area contributed by atoms with Crippen molar-refractivity contribution in [3.63, 3.8) is 0 Å². The highest BCUT2D eigenvalue weighted by molar-refractivity contribution is 5.73. The van der Waals surface area contributed by atoms with Crippen molar-refractivity contribution in [2.75, 3.05) is 38.6 Å². The number of aromatic nitrogens is 4. The molecule has 2 aliphatic rings. The zero-order valence-electron chi connectivity index (χ0n) is 18.8. The van der Waals surface area contributed by atoms with Gasteiger partial charge in [-0.1, -0.05) is 24.3 Å². The summed E-state index contributed by atoms with van der Waals surface area (Å²) in [7, 11) is 4.29. The van der Waals surface area contributed by atoms with E-state index in [1.807, 2.05) is 24.3 Å². The monoisotopic (exact) mass is 435 g/mol. The normalized spacial score (nSPS) is 14.8. The third kappa shape index (κ3) is 3.40. The van der Waals surface area contributed by atoms with E-state index in [2.05, 4.69) is 78.5 Å². The van der Waals surface area contributed by atoms with Crippen LogP contribution in [0.2, 0.25) is 0 Å². The molecular weight excluding hydrogens is 410 g/mol. The molecule has 2 aliphatic heterocycles. The van der Waals surface area contributed by atoms with Gasteiger partial charge in [0.15, 0.2) is 11.5 Å². The van der Waals surface area contributed by atoms with Crippen LogP contribution in [-0.2, 0) is 6.54 Å². The van der Waals surface area contributed by atoms with E-state index in [0.717, 1.165) is 60.4 Å². The van der Waals surface area contributed by atoms with E-state index in [1.54, 1.807) is 6.33 Å². The van der Waals surface area contributed by atoms with Crippen LogP contribution in [0.4, 0.5) is 11.4 Å². The summed E-state index contributed by atoms with van der Waals surface area (Å²) in [5.74, 6) is 1.58. The number of benzene rings is 2. The minimum Gasteiger partial charge on any atom is -0.371 e. The summed E-state index contributed by atoms with van der Waals surface area (Å²) >= 11 is 0. The summed E-state index contributed by atoms with van der Waals surface area (Å²) < 4.78 is 4.36. The average Bonchev–Trinajstić information content (AvgIpc) is 3.41. The number of nitrogens with zero attached hydrogens (tertiary/aromatic N) is 7. The van der Waals surface area contributed by atoms with Gasteiger partial charge in [0.25, 0.3) is 0 Å². The Kier molecular flexibility index (Phi) is 4.56. The third-order valence-corrected chi connectivity index (χ3v) is 6.61. The van der Waals surface area contributed by atoms with Crippen molar-refractivity contribution in [1.29, 1.82) is 0 Å². The molecule has 0 atom stereocenters. The van der Waals surface area contributed by atoms with Crippen LogP contribution >= 0.6 is 0 Å². The Hall–Kier alpha value is -3.89. The van der Waals surface area contributed by atoms with Crippen LogP contribution < -0.4 is 4.90 Å². The Morgan fingerprint density at radius 3 is 2.64 bits per heavy atom. The molecule has 1 saturated heterocycles. The first-order valence-corrected chi connectivity index (χ1v) is 11.2. The highest BCUT2D eigenvalue weighted by atomic mass is 15.3. The van der Waals surface area contributed by atoms with Crippen LogP contribution in [0, 0.1) is 12.5 Å². The molecule has 4 aromatic rings. The maximum Gasteiger partial charge on any atom is 0.187 e. The van der Waals surface area contributed by atoms with Crippen LogP contribution in [0.5, 0.6) is 0 Å². The molecule has 0 bridgehead atoms. The summed E-state index contributed by atoms with van der Waals surface area (Å²) in [6.45, 7) is 11.3. The second kappa shape index (κ2) is 7.61. The van der Waals surface area contributed by atoms with Gasteiger partial charge in [-0.05, 0) is 49.5 Å². The molecule has 164 valence electrons. The predicted octanol–water partition coefficient (Wildman–Crippen LogP) is 4.31. The van der Waals surface area contributed by atoms with Crippen LogP contribution in [0.1, 0.15) is 5.56 Å². The summed E-state index contributed by atoms with van der Waals surface area (Å²) in [5, 5.41) is 8.67. The molecule has 0 unspecified atom stereocenters. The molecule has 6 rings (SSSR count). The average molecular weight is 436 g/mol. The van der Waals surface area contributed by atoms with Gasteiger partial charge in [0.1, 0.15) is 6.33 Å². The fraction of sp³-hybridized carbons (Fsp3) is 0.269. The van der Waals surface area contributed by atoms with E-state index >= 15 is 0 Å². The van der Waals surface area contributed by atoms with Gasteiger partial charge < -0.3 is 14.4 Å². The molecule has 7 heteroatoms. The van der Waals surface area contributed by atoms with Gasteiger partial charge in [-0.15, -0.1) is 10.2 Å². The van der Waals surface area contributed by atoms with Crippen molar-refractivity contribution in [3.8, 4) is 28.3 Å². The third-order valence-electron chi connectivity index (χ3n) is 6.61. The van der Waals surface area contributed by atoms with E-state index in [1.165, 1.54) is 11.3 Å². The SMILES string of the molecule is [C-]#[N+]c1ccc(-c2cc3n(c2)Cc2cc(N4CC(CN(C)C)C4)ccc2-n2cnnc2-3)cc1. The predicted molar refractivity (Wildman–Crippen MR) is 130 cm³/mol. The van der Waals surface area contributed by atoms with E-state index < -0.39 is 0 Å². The van der Waals surface area contributed by atoms with Crippen molar-refractivity contribution in [2.24, 2.45) is 5.92 Å². The molecule has 0 spiro atoms. The lowest BCUT2D eigenvalue weighted by Crippen LogP contribution is -2.50. The van der Waals surface area contributed by atoms with Crippen molar-refractivity contribution in [2.45, 2.75) is 6.54 Å². The smallest absolute Gasteiger partial charge is 0.187 e. The molecule has 2 aromatic carbocycles. The van der Waals surface area contributed by atoms with Gasteiger partial charge >= 0.3 is 0 Å². The fourth-order valence-electron chi connectivity index (χ4n) is 5.03. The molecule has 2 aromatic heterocycles. The highest BCUT2D eigenvalue weighted by Gasteiger charge is 2.28. The van der Waals surface area contributed by atoms with Crippen molar-refractivity contribution in [3.05, 3.63) is 78.0 Å². The maximum absolute atomic E-state index is 7.19. The quantitative estimate of drug-likeness (QED) is 0.395. The van der Waals surface area contributed by atoms with E-state index in [4.69, 9.17) is 6.57 Å². The Bertz CT molecular complexity index is 1360. The zero-order chi connectivity index (χ0) is 22.5. The van der Waals surface area contributed by atoms with Gasteiger partial charge in [-0.2, -0.15) is 0 Å². The maximum atomic E-state index is 7.19. The summed E-state index contributed by atoms with van der Waals surface area (Å²) in [5.41, 5.74) is 7.58. The van der Waals surface area contributed by atoms with E-state index in [0.29, 0.717) is 5.69 Å². The second-order valence-electron chi connectivity index (χ2n) is 9.27. The first-order chi connectivity index (χ1) is 16.1. The van der Waals surface area contributed by atoms with Crippen LogP contribution in [0.25, 0.3) is 33.2 Å². The van der Waals surface area contributed by atoms with E-state index in [9.17, 15) is 0 Å². The zero-order valence-corrected chi connectivity index (χ0v) is 18.8. The van der Waals surface area contributed by atoms with Gasteiger partial charge in [-0.25, -0.2) is 4.85 Å². The Morgan fingerprint density at radius 2 is 1.88 bits per heavy atom. The lowest BCUT2D eigenvalue weighted by Gasteiger charge is -2.42. The van der Waals surface area contributed by atoms with Crippen molar-refractivity contribution >= 4 is 11.4 Å². The van der Waals surface area contributed by atoms with Gasteiger partial charge in [0, 0.05) is 49.5 Å². The number of hydrogen-bond acceptors (Lipinski definition) is 4. The topological polar surface area (TPSA) is 46.5 Å². The molecule has 7 nitrogen and oxygen atoms in total. The second-order valence-corrected chi connectivity index (χ2v) is 9.27. The fourth-order valence-corrected chi connectivity index (χ4v) is 5.03. The highest BCUT2D eigenvalue weighted by Crippen LogP contribution is 2.36. The standard InChI is InChI=1S/C26H25N7/c1-27-22-6-4-19(5-7-22)20-11-25-26-29-28-17-33(26)24-9-8-23(10-21(24)16-32(25)15-20)31-13-18(14-31)12-30(2)3/h4-11,15,17-18H,12-14,16H2,2-3H3. The summed E-state index contributed by atoms with van der Waals surface area (Å²) in [4.78, 5) is 8.24. The van der Waals surface area contributed by atoms with Crippen molar-refractivity contribution < 1.29 is 0 Å². The van der Waals surface area contributed by atoms with Crippen LogP contribution in [0.15, 0.2) is 61.1 Å². The molecule has 4 heterocycles. The van der Waals surface area contributed by atoms with Gasteiger partial charge in [-0.3, -0.25) is 4.57 Å². The largest absolute Gasteiger partial charge is 0.371 e. The Labute approximate surface area is 193 Å². The van der Waals surface area contributed by atoms with Crippen molar-refractivity contribution in [1.82, 2.24) is 24.2 Å². The van der Waals surface area contributed by atoms with E-state index in [-0.39, 0.29) is 0 Å². The number of anilines is 1. The van der Waals surface area contributed by atoms with Crippen LogP contribution in [0.3, 0.4) is 0 Å². The Balaban J connectivity index is 1.35. The summed E-state index contributed by atoms with van der Waals surface area (Å²) in [6, 6.07) is 16.7. The lowest BCUT2D eigenvalue weighted by molar-refractivity contribution is 0.283. The molecule has 1 fully saturated rings. The van der Waals surface area contributed by atoms with Gasteiger partial charge in [0.05, 0.1) is 18.0 Å². The molecular formula is C26H25N7. The minimum atomic E-state index is 0.652. The minimum absolute atomic E-state index is 0.652. The number of fused-ring (bicyclic) bond motifs is 5. The molecule has 0 aliphatic carbocycles. The molecule has 0 N–H and O–H groups in total. The number of rotatable bonds is 4. The molecule has 0 saturated carbocycles. The Morgan fingerprint density at radius 1 is 1.06 bits per heavy atom. The molecule has 0 radical (unpaired) electrons. The molecule has 0 amide bonds. The first-order valence-electron chi connectivity index (χ1n) is 11.2. The van der Waals surface area contributed by atoms with Gasteiger partial charge in [0.2, 0.25) is 0 Å². The summed E-state index contributed by atoms with van der Waals surface area (Å²) in [6.07, 6.45) is 3.98. The molecule has 33 heavy (non-hydrogen) atoms. The lowest BCUT2D eigenvalue weighted by atomic mass is 9.98. The first kappa shape index (κ1) is 19.8. The number of hydrogen-bond donors (Lipinski definition) is 0. The van der Waals surface area contributed by atoms with Crippen LogP contribution in [-0.4, -0.2) is 58.0 Å².